The number of aliphatic hydroxyl groups is 4. The van der Waals surface area contributed by atoms with E-state index in [-0.39, 0.29) is 6.61 Å². The maximum absolute atomic E-state index is 9.23. The molecule has 0 saturated carbocycles. The standard InChI is InChI=1S/C7H14O5/c1-3-5(9)7(11)6(10)4(2-8)12-3/h3-11H,2H2,1H3/t3-,4-,5-,6+,7+/m1/s1. The monoisotopic (exact) mass is 178 g/mol. The maximum atomic E-state index is 9.23. The third kappa shape index (κ3) is 1.60. The normalized spacial score (nSPS) is 49.2. The first-order valence-electron chi connectivity index (χ1n) is 3.88. The van der Waals surface area contributed by atoms with Gasteiger partial charge in [-0.25, -0.2) is 0 Å². The van der Waals surface area contributed by atoms with Crippen LogP contribution in [0.5, 0.6) is 0 Å². The Morgan fingerprint density at radius 1 is 1.08 bits per heavy atom. The van der Waals surface area contributed by atoms with Crippen LogP contribution in [0, 0.1) is 0 Å². The Balaban J connectivity index is 2.63. The van der Waals surface area contributed by atoms with Crippen molar-refractivity contribution in [3.8, 4) is 0 Å². The molecule has 0 spiro atoms. The van der Waals surface area contributed by atoms with Gasteiger partial charge in [-0.15, -0.1) is 0 Å². The first-order chi connectivity index (χ1) is 5.57. The van der Waals surface area contributed by atoms with E-state index >= 15 is 0 Å². The first-order valence-corrected chi connectivity index (χ1v) is 3.88. The lowest BCUT2D eigenvalue weighted by atomic mass is 9.96. The van der Waals surface area contributed by atoms with E-state index < -0.39 is 30.5 Å². The molecule has 0 bridgehead atoms. The number of hydrogen-bond acceptors (Lipinski definition) is 5. The summed E-state index contributed by atoms with van der Waals surface area (Å²) in [6.45, 7) is 1.21. The van der Waals surface area contributed by atoms with Gasteiger partial charge in [0.2, 0.25) is 0 Å². The van der Waals surface area contributed by atoms with E-state index in [0.717, 1.165) is 0 Å². The maximum Gasteiger partial charge on any atom is 0.111 e. The zero-order valence-corrected chi connectivity index (χ0v) is 6.79. The van der Waals surface area contributed by atoms with Crippen LogP contribution in [0.25, 0.3) is 0 Å². The van der Waals surface area contributed by atoms with E-state index in [9.17, 15) is 15.3 Å². The average Bonchev–Trinajstić information content (AvgIpc) is 2.08. The molecule has 0 unspecified atom stereocenters. The van der Waals surface area contributed by atoms with Gasteiger partial charge in [0.15, 0.2) is 0 Å². The largest absolute Gasteiger partial charge is 0.394 e. The summed E-state index contributed by atoms with van der Waals surface area (Å²) in [5.41, 5.74) is 0. The molecule has 5 nitrogen and oxygen atoms in total. The Labute approximate surface area is 70.2 Å². The number of ether oxygens (including phenoxy) is 1. The zero-order valence-electron chi connectivity index (χ0n) is 6.79. The predicted octanol–water partition coefficient (Wildman–Crippen LogP) is -2.15. The summed E-state index contributed by atoms with van der Waals surface area (Å²) in [7, 11) is 0. The number of aliphatic hydroxyl groups excluding tert-OH is 4. The molecule has 1 rings (SSSR count). The van der Waals surface area contributed by atoms with Crippen molar-refractivity contribution in [3.63, 3.8) is 0 Å². The van der Waals surface area contributed by atoms with E-state index in [1.807, 2.05) is 0 Å². The highest BCUT2D eigenvalue weighted by molar-refractivity contribution is 4.89. The van der Waals surface area contributed by atoms with Gasteiger partial charge in [0.05, 0.1) is 12.7 Å². The Bertz CT molecular complexity index is 146. The number of rotatable bonds is 1. The van der Waals surface area contributed by atoms with Crippen LogP contribution in [-0.2, 0) is 4.74 Å². The summed E-state index contributed by atoms with van der Waals surface area (Å²) in [6.07, 6.45) is -4.94. The quantitative estimate of drug-likeness (QED) is 0.367. The highest BCUT2D eigenvalue weighted by atomic mass is 16.5. The lowest BCUT2D eigenvalue weighted by Gasteiger charge is -2.38. The van der Waals surface area contributed by atoms with Crippen molar-refractivity contribution in [2.45, 2.75) is 37.4 Å². The summed E-state index contributed by atoms with van der Waals surface area (Å²) in [5.74, 6) is 0. The van der Waals surface area contributed by atoms with Crippen molar-refractivity contribution in [2.75, 3.05) is 6.61 Å². The molecule has 4 N–H and O–H groups in total. The van der Waals surface area contributed by atoms with E-state index in [4.69, 9.17) is 9.84 Å². The summed E-state index contributed by atoms with van der Waals surface area (Å²) in [4.78, 5) is 0. The minimum Gasteiger partial charge on any atom is -0.394 e. The predicted molar refractivity (Wildman–Crippen MR) is 39.4 cm³/mol. The zero-order chi connectivity index (χ0) is 9.30. The molecular weight excluding hydrogens is 164 g/mol. The van der Waals surface area contributed by atoms with Gasteiger partial charge in [-0.05, 0) is 6.92 Å². The molecular formula is C7H14O5. The van der Waals surface area contributed by atoms with Crippen molar-refractivity contribution in [1.82, 2.24) is 0 Å². The van der Waals surface area contributed by atoms with Gasteiger partial charge in [-0.1, -0.05) is 0 Å². The highest BCUT2D eigenvalue weighted by Gasteiger charge is 2.41. The second-order valence-electron chi connectivity index (χ2n) is 3.03. The van der Waals surface area contributed by atoms with Crippen LogP contribution in [0.1, 0.15) is 6.92 Å². The SMILES string of the molecule is C[C@H]1O[C@H](CO)[C@H](O)[C@@H](O)[C@@H]1O. The van der Waals surface area contributed by atoms with Crippen molar-refractivity contribution in [1.29, 1.82) is 0 Å². The molecule has 1 saturated heterocycles. The van der Waals surface area contributed by atoms with E-state index in [0.29, 0.717) is 0 Å². The fourth-order valence-electron chi connectivity index (χ4n) is 1.29. The molecule has 0 aromatic heterocycles. The molecule has 0 aromatic rings. The van der Waals surface area contributed by atoms with Crippen LogP contribution in [-0.4, -0.2) is 57.6 Å². The molecule has 72 valence electrons. The van der Waals surface area contributed by atoms with Gasteiger partial charge in [0.25, 0.3) is 0 Å². The lowest BCUT2D eigenvalue weighted by Crippen LogP contribution is -2.57. The van der Waals surface area contributed by atoms with Crippen LogP contribution in [0.2, 0.25) is 0 Å². The van der Waals surface area contributed by atoms with Crippen LogP contribution < -0.4 is 0 Å². The smallest absolute Gasteiger partial charge is 0.111 e. The lowest BCUT2D eigenvalue weighted by molar-refractivity contribution is -0.224. The minimum atomic E-state index is -1.24. The molecule has 0 amide bonds. The third-order valence-corrected chi connectivity index (χ3v) is 2.13. The van der Waals surface area contributed by atoms with Gasteiger partial charge in [0, 0.05) is 0 Å². The molecule has 0 aliphatic carbocycles. The van der Waals surface area contributed by atoms with Gasteiger partial charge in [-0.3, -0.25) is 0 Å². The van der Waals surface area contributed by atoms with Gasteiger partial charge in [-0.2, -0.15) is 0 Å². The fraction of sp³-hybridized carbons (Fsp3) is 1.00. The molecule has 12 heavy (non-hydrogen) atoms. The molecule has 0 aromatic carbocycles. The minimum absolute atomic E-state index is 0.366. The highest BCUT2D eigenvalue weighted by Crippen LogP contribution is 2.20. The second kappa shape index (κ2) is 3.68. The fourth-order valence-corrected chi connectivity index (χ4v) is 1.29. The van der Waals surface area contributed by atoms with Crippen molar-refractivity contribution in [3.05, 3.63) is 0 Å². The Hall–Kier alpha value is -0.200. The van der Waals surface area contributed by atoms with Gasteiger partial charge in [0.1, 0.15) is 24.4 Å². The average molecular weight is 178 g/mol. The van der Waals surface area contributed by atoms with Gasteiger partial charge >= 0.3 is 0 Å². The first kappa shape index (κ1) is 9.88. The molecule has 5 heteroatoms. The second-order valence-corrected chi connectivity index (χ2v) is 3.03. The van der Waals surface area contributed by atoms with Crippen LogP contribution in [0.15, 0.2) is 0 Å². The Kier molecular flexibility index (Phi) is 3.03. The molecule has 1 aliphatic rings. The summed E-state index contributed by atoms with van der Waals surface area (Å²) in [5, 5.41) is 36.4. The van der Waals surface area contributed by atoms with Crippen LogP contribution in [0.4, 0.5) is 0 Å². The van der Waals surface area contributed by atoms with E-state index in [1.54, 1.807) is 6.92 Å². The molecule has 1 heterocycles. The molecule has 5 atom stereocenters. The topological polar surface area (TPSA) is 90.2 Å². The third-order valence-electron chi connectivity index (χ3n) is 2.13. The summed E-state index contributed by atoms with van der Waals surface area (Å²) >= 11 is 0. The van der Waals surface area contributed by atoms with Crippen molar-refractivity contribution in [2.24, 2.45) is 0 Å². The van der Waals surface area contributed by atoms with Crippen molar-refractivity contribution >= 4 is 0 Å². The van der Waals surface area contributed by atoms with E-state index in [1.165, 1.54) is 0 Å². The number of hydrogen-bond donors (Lipinski definition) is 4. The molecule has 0 radical (unpaired) electrons. The Morgan fingerprint density at radius 2 is 1.67 bits per heavy atom. The summed E-state index contributed by atoms with van der Waals surface area (Å²) in [6, 6.07) is 0. The van der Waals surface area contributed by atoms with Crippen molar-refractivity contribution < 1.29 is 25.2 Å². The van der Waals surface area contributed by atoms with Gasteiger partial charge < -0.3 is 25.2 Å². The Morgan fingerprint density at radius 3 is 2.17 bits per heavy atom. The van der Waals surface area contributed by atoms with Crippen LogP contribution >= 0.6 is 0 Å². The van der Waals surface area contributed by atoms with Crippen LogP contribution in [0.3, 0.4) is 0 Å². The molecule has 1 aliphatic heterocycles. The van der Waals surface area contributed by atoms with E-state index in [2.05, 4.69) is 0 Å². The summed E-state index contributed by atoms with van der Waals surface area (Å²) < 4.78 is 5.02. The molecule has 1 fully saturated rings.